The van der Waals surface area contributed by atoms with Crippen LogP contribution in [0.1, 0.15) is 5.69 Å². The van der Waals surface area contributed by atoms with E-state index in [0.717, 1.165) is 6.07 Å². The lowest BCUT2D eigenvalue weighted by molar-refractivity contribution is 0.470. The molecular weight excluding hydrogens is 294 g/mol. The second kappa shape index (κ2) is 5.30. The van der Waals surface area contributed by atoms with E-state index in [1.165, 1.54) is 0 Å². The molecule has 0 unspecified atom stereocenters. The highest BCUT2D eigenvalue weighted by molar-refractivity contribution is 7.84. The van der Waals surface area contributed by atoms with Crippen LogP contribution < -0.4 is 10.5 Å². The number of rotatable bonds is 3. The van der Waals surface area contributed by atoms with Gasteiger partial charge in [0.25, 0.3) is 5.56 Å². The molecule has 0 amide bonds. The Bertz CT molecular complexity index is 841. The number of aromatic nitrogens is 2. The fourth-order valence-electron chi connectivity index (χ4n) is 2.03. The highest BCUT2D eigenvalue weighted by Gasteiger charge is 2.21. The van der Waals surface area contributed by atoms with Gasteiger partial charge in [-0.1, -0.05) is 12.1 Å². The summed E-state index contributed by atoms with van der Waals surface area (Å²) in [6.07, 6.45) is 0. The molecule has 0 atom stereocenters. The quantitative estimate of drug-likeness (QED) is 0.848. The highest BCUT2D eigenvalue weighted by Crippen LogP contribution is 2.28. The Labute approximate surface area is 122 Å². The van der Waals surface area contributed by atoms with Gasteiger partial charge in [0.1, 0.15) is 0 Å². The predicted octanol–water partition coefficient (Wildman–Crippen LogP) is 0.936. The summed E-state index contributed by atoms with van der Waals surface area (Å²) in [5.74, 6) is -0.119. The van der Waals surface area contributed by atoms with Gasteiger partial charge in [0.15, 0.2) is 5.82 Å². The Kier molecular flexibility index (Phi) is 3.84. The van der Waals surface area contributed by atoms with Gasteiger partial charge in [-0.05, 0) is 19.1 Å². The first kappa shape index (κ1) is 15.2. The monoisotopic (exact) mass is 309 g/mol. The van der Waals surface area contributed by atoms with Gasteiger partial charge in [0.05, 0.1) is 0 Å². The van der Waals surface area contributed by atoms with Crippen LogP contribution in [0.3, 0.4) is 0 Å². The number of hydrogen-bond donors (Lipinski definition) is 1. The first-order chi connectivity index (χ1) is 9.71. The number of anilines is 1. The van der Waals surface area contributed by atoms with Crippen molar-refractivity contribution in [1.82, 2.24) is 8.96 Å². The largest absolute Gasteiger partial charge is 0.377 e. The zero-order valence-corrected chi connectivity index (χ0v) is 12.6. The number of aryl methyl sites for hydroxylation is 1. The fourth-order valence-corrected chi connectivity index (χ4v) is 2.67. The van der Waals surface area contributed by atoms with Crippen LogP contribution in [0.2, 0.25) is 0 Å². The summed E-state index contributed by atoms with van der Waals surface area (Å²) in [6, 6.07) is 7.93. The van der Waals surface area contributed by atoms with Gasteiger partial charge in [0, 0.05) is 37.1 Å². The lowest BCUT2D eigenvalue weighted by atomic mass is 10.1. The maximum Gasteiger partial charge on any atom is 0.368 e. The minimum atomic E-state index is -4.75. The van der Waals surface area contributed by atoms with E-state index in [1.807, 2.05) is 0 Å². The molecule has 0 fully saturated rings. The van der Waals surface area contributed by atoms with Crippen molar-refractivity contribution in [2.75, 3.05) is 19.0 Å². The van der Waals surface area contributed by atoms with E-state index < -0.39 is 15.9 Å². The van der Waals surface area contributed by atoms with Gasteiger partial charge in [-0.25, -0.2) is 4.98 Å². The Morgan fingerprint density at radius 3 is 2.43 bits per heavy atom. The maximum atomic E-state index is 11.9. The second-order valence-corrected chi connectivity index (χ2v) is 5.97. The first-order valence-corrected chi connectivity index (χ1v) is 7.47. The Balaban J connectivity index is 2.91. The van der Waals surface area contributed by atoms with Crippen LogP contribution in [0, 0.1) is 6.92 Å². The van der Waals surface area contributed by atoms with Crippen LogP contribution in [0.4, 0.5) is 5.69 Å². The van der Waals surface area contributed by atoms with Crippen molar-refractivity contribution in [2.24, 2.45) is 0 Å². The molecule has 0 radical (unpaired) electrons. The smallest absolute Gasteiger partial charge is 0.368 e. The van der Waals surface area contributed by atoms with E-state index >= 15 is 0 Å². The average molecular weight is 309 g/mol. The van der Waals surface area contributed by atoms with Crippen LogP contribution >= 0.6 is 0 Å². The zero-order valence-electron chi connectivity index (χ0n) is 11.8. The van der Waals surface area contributed by atoms with Crippen molar-refractivity contribution >= 4 is 16.0 Å². The van der Waals surface area contributed by atoms with Gasteiger partial charge in [-0.3, -0.25) is 9.35 Å². The fraction of sp³-hybridized carbons (Fsp3) is 0.231. The summed E-state index contributed by atoms with van der Waals surface area (Å²) >= 11 is 0. The molecule has 0 saturated carbocycles. The molecule has 0 saturated heterocycles. The molecular formula is C13H15N3O4S. The van der Waals surface area contributed by atoms with Crippen molar-refractivity contribution in [2.45, 2.75) is 6.92 Å². The number of hydrogen-bond acceptors (Lipinski definition) is 5. The van der Waals surface area contributed by atoms with Crippen LogP contribution in [0.15, 0.2) is 35.1 Å². The molecule has 2 aromatic rings. The lowest BCUT2D eigenvalue weighted by Gasteiger charge is -2.18. The third-order valence-electron chi connectivity index (χ3n) is 2.86. The minimum absolute atomic E-state index is 0.119. The molecule has 0 bridgehead atoms. The Morgan fingerprint density at radius 2 is 1.86 bits per heavy atom. The topological polar surface area (TPSA) is 92.5 Å². The van der Waals surface area contributed by atoms with Crippen molar-refractivity contribution in [3.63, 3.8) is 0 Å². The summed E-state index contributed by atoms with van der Waals surface area (Å²) < 4.78 is 32.6. The molecule has 7 nitrogen and oxygen atoms in total. The van der Waals surface area contributed by atoms with Gasteiger partial charge < -0.3 is 4.90 Å². The average Bonchev–Trinajstić information content (AvgIpc) is 2.35. The summed E-state index contributed by atoms with van der Waals surface area (Å²) in [5, 5.41) is 0. The summed E-state index contributed by atoms with van der Waals surface area (Å²) in [7, 11) is -1.18. The van der Waals surface area contributed by atoms with Crippen LogP contribution in [0.25, 0.3) is 11.4 Å². The summed E-state index contributed by atoms with van der Waals surface area (Å²) in [4.78, 5) is 17.8. The number of benzene rings is 1. The van der Waals surface area contributed by atoms with Gasteiger partial charge in [-0.15, -0.1) is 0 Å². The van der Waals surface area contributed by atoms with E-state index in [2.05, 4.69) is 4.98 Å². The van der Waals surface area contributed by atoms with Crippen molar-refractivity contribution in [3.8, 4) is 11.4 Å². The predicted molar refractivity (Wildman–Crippen MR) is 79.9 cm³/mol. The molecule has 1 aromatic carbocycles. The molecule has 0 aliphatic heterocycles. The Hall–Kier alpha value is -2.19. The third kappa shape index (κ3) is 2.96. The Morgan fingerprint density at radius 1 is 1.24 bits per heavy atom. The number of nitrogens with zero attached hydrogens (tertiary/aromatic N) is 3. The molecule has 1 aromatic heterocycles. The van der Waals surface area contributed by atoms with Crippen LogP contribution in [-0.4, -0.2) is 36.0 Å². The lowest BCUT2D eigenvalue weighted by Crippen LogP contribution is -2.29. The van der Waals surface area contributed by atoms with Crippen molar-refractivity contribution in [3.05, 3.63) is 46.4 Å². The van der Waals surface area contributed by atoms with Gasteiger partial charge in [-0.2, -0.15) is 12.4 Å². The third-order valence-corrected chi connectivity index (χ3v) is 3.68. The first-order valence-electron chi connectivity index (χ1n) is 6.07. The van der Waals surface area contributed by atoms with Crippen molar-refractivity contribution < 1.29 is 13.0 Å². The summed E-state index contributed by atoms with van der Waals surface area (Å²) in [6.45, 7) is 1.58. The van der Waals surface area contributed by atoms with Crippen LogP contribution in [0.5, 0.6) is 0 Å². The molecule has 1 heterocycles. The summed E-state index contributed by atoms with van der Waals surface area (Å²) in [5.41, 5.74) is 0.616. The van der Waals surface area contributed by atoms with E-state index in [0.29, 0.717) is 20.9 Å². The molecule has 112 valence electrons. The maximum absolute atomic E-state index is 11.9. The van der Waals surface area contributed by atoms with E-state index in [4.69, 9.17) is 0 Å². The molecule has 0 aliphatic rings. The van der Waals surface area contributed by atoms with Crippen LogP contribution in [-0.2, 0) is 10.3 Å². The number of para-hydroxylation sites is 1. The molecule has 0 aliphatic carbocycles. The molecule has 2 rings (SSSR count). The highest BCUT2D eigenvalue weighted by atomic mass is 32.2. The molecule has 21 heavy (non-hydrogen) atoms. The molecule has 0 spiro atoms. The normalized spacial score (nSPS) is 11.4. The second-order valence-electron chi connectivity index (χ2n) is 4.71. The molecule has 8 heteroatoms. The molecule has 1 N–H and O–H groups in total. The van der Waals surface area contributed by atoms with E-state index in [9.17, 15) is 17.8 Å². The minimum Gasteiger partial charge on any atom is -0.377 e. The van der Waals surface area contributed by atoms with E-state index in [-0.39, 0.29) is 5.82 Å². The van der Waals surface area contributed by atoms with Crippen molar-refractivity contribution in [1.29, 1.82) is 0 Å². The van der Waals surface area contributed by atoms with E-state index in [1.54, 1.807) is 50.2 Å². The standard InChI is InChI=1S/C13H15N3O4S/c1-9-8-12(17)16(21(18,19)20)13(14-9)10-6-4-5-7-11(10)15(2)3/h4-8H,1-3H3,(H,18,19,20). The van der Waals surface area contributed by atoms with Gasteiger partial charge in [0.2, 0.25) is 0 Å². The zero-order chi connectivity index (χ0) is 15.8. The SMILES string of the molecule is Cc1cc(=O)n(S(=O)(=O)O)c(-c2ccccc2N(C)C)n1. The van der Waals surface area contributed by atoms with Gasteiger partial charge >= 0.3 is 10.3 Å².